The van der Waals surface area contributed by atoms with Crippen LogP contribution in [0.1, 0.15) is 5.56 Å². The number of hydrogen-bond donors (Lipinski definition) is 0. The van der Waals surface area contributed by atoms with E-state index >= 15 is 0 Å². The van der Waals surface area contributed by atoms with E-state index in [9.17, 15) is 4.79 Å². The van der Waals surface area contributed by atoms with E-state index in [-0.39, 0.29) is 0 Å². The van der Waals surface area contributed by atoms with Gasteiger partial charge in [0, 0.05) is 5.20 Å². The highest BCUT2D eigenvalue weighted by molar-refractivity contribution is 6.47. The Hall–Kier alpha value is -1.11. The lowest BCUT2D eigenvalue weighted by Gasteiger charge is -1.92. The molecule has 0 aliphatic heterocycles. The lowest BCUT2D eigenvalue weighted by molar-refractivity contribution is 0.570. The molecule has 0 saturated heterocycles. The van der Waals surface area contributed by atoms with Crippen molar-refractivity contribution in [3.63, 3.8) is 0 Å². The van der Waals surface area contributed by atoms with Crippen molar-refractivity contribution in [1.29, 1.82) is 0 Å². The fourth-order valence-corrected chi connectivity index (χ4v) is 0.830. The lowest BCUT2D eigenvalue weighted by Crippen LogP contribution is -1.81. The maximum atomic E-state index is 10.1. The molecule has 0 saturated carbocycles. The van der Waals surface area contributed by atoms with Crippen molar-refractivity contribution in [1.82, 2.24) is 0 Å². The minimum atomic E-state index is 0.459. The maximum absolute atomic E-state index is 10.1. The normalized spacial score (nSPS) is 8.50. The highest BCUT2D eigenvalue weighted by atomic mass is 28.1. The molecular weight excluding hydrogens is 140 g/mol. The van der Waals surface area contributed by atoms with Gasteiger partial charge in [0.05, 0.1) is 10.2 Å². The van der Waals surface area contributed by atoms with E-state index in [1.165, 1.54) is 0 Å². The largest absolute Gasteiger partial charge is 0.234 e. The monoisotopic (exact) mass is 145 g/mol. The van der Waals surface area contributed by atoms with Gasteiger partial charge >= 0.3 is 0 Å². The van der Waals surface area contributed by atoms with Crippen molar-refractivity contribution in [3.05, 3.63) is 35.9 Å². The fourth-order valence-electron chi connectivity index (χ4n) is 0.664. The quantitative estimate of drug-likeness (QED) is 0.426. The van der Waals surface area contributed by atoms with Gasteiger partial charge in [-0.3, -0.25) is 0 Å². The minimum Gasteiger partial charge on any atom is -0.234 e. The van der Waals surface area contributed by atoms with Gasteiger partial charge in [0.1, 0.15) is 5.94 Å². The summed E-state index contributed by atoms with van der Waals surface area (Å²) >= 11 is 0. The van der Waals surface area contributed by atoms with Crippen LogP contribution in [0.15, 0.2) is 30.3 Å². The maximum Gasteiger partial charge on any atom is 0.123 e. The molecule has 0 heterocycles. The Labute approximate surface area is 62.8 Å². The van der Waals surface area contributed by atoms with Gasteiger partial charge < -0.3 is 0 Å². The van der Waals surface area contributed by atoms with Crippen molar-refractivity contribution >= 4 is 21.4 Å². The second-order valence-electron chi connectivity index (χ2n) is 1.84. The molecule has 0 spiro atoms. The highest BCUT2D eigenvalue weighted by Gasteiger charge is 1.91. The molecular formula is C8H5OSi. The first-order valence-corrected chi connectivity index (χ1v) is 3.36. The van der Waals surface area contributed by atoms with Crippen LogP contribution < -0.4 is 0 Å². The predicted octanol–water partition coefficient (Wildman–Crippen LogP) is 1.03. The van der Waals surface area contributed by atoms with Gasteiger partial charge in [0.15, 0.2) is 0 Å². The second-order valence-corrected chi connectivity index (χ2v) is 2.34. The molecule has 0 N–H and O–H groups in total. The summed E-state index contributed by atoms with van der Waals surface area (Å²) in [5.41, 5.74) is 0.856. The summed E-state index contributed by atoms with van der Waals surface area (Å²) in [4.78, 5) is 10.1. The smallest absolute Gasteiger partial charge is 0.123 e. The average molecular weight is 145 g/mol. The zero-order valence-corrected chi connectivity index (χ0v) is 6.29. The Morgan fingerprint density at radius 2 is 1.90 bits per heavy atom. The van der Waals surface area contributed by atoms with Crippen LogP contribution in [0.2, 0.25) is 0 Å². The van der Waals surface area contributed by atoms with Gasteiger partial charge in [-0.2, -0.15) is 0 Å². The van der Waals surface area contributed by atoms with Crippen LogP contribution >= 0.6 is 0 Å². The van der Waals surface area contributed by atoms with Gasteiger partial charge in [0.2, 0.25) is 0 Å². The van der Waals surface area contributed by atoms with Crippen LogP contribution in [0.4, 0.5) is 0 Å². The Balaban J connectivity index is 3.08. The number of hydrogen-bond acceptors (Lipinski definition) is 1. The Bertz CT molecular complexity index is 260. The first-order chi connectivity index (χ1) is 4.84. The van der Waals surface area contributed by atoms with Crippen LogP contribution in [0, 0.1) is 0 Å². The molecule has 1 rings (SSSR count). The molecule has 0 fully saturated rings. The van der Waals surface area contributed by atoms with Crippen molar-refractivity contribution in [2.45, 2.75) is 0 Å². The van der Waals surface area contributed by atoms with Crippen LogP contribution in [-0.4, -0.2) is 16.2 Å². The summed E-state index contributed by atoms with van der Waals surface area (Å²) in [6.45, 7) is 0. The van der Waals surface area contributed by atoms with E-state index in [2.05, 4.69) is 10.2 Å². The van der Waals surface area contributed by atoms with Gasteiger partial charge in [-0.1, -0.05) is 30.3 Å². The van der Waals surface area contributed by atoms with Gasteiger partial charge in [-0.05, 0) is 5.56 Å². The molecule has 0 aliphatic carbocycles. The molecule has 0 aliphatic rings. The SMILES string of the molecule is O=C=C([Si])c1ccccc1. The zero-order valence-electron chi connectivity index (χ0n) is 5.29. The van der Waals surface area contributed by atoms with E-state index in [1.807, 2.05) is 30.3 Å². The van der Waals surface area contributed by atoms with Crippen LogP contribution in [0.25, 0.3) is 5.20 Å². The second kappa shape index (κ2) is 3.16. The standard InChI is InChI=1S/C8H5OSi/c9-6-8(10)7-4-2-1-3-5-7/h1-5H. The fraction of sp³-hybridized carbons (Fsp3) is 0. The molecule has 0 bridgehead atoms. The third-order valence-electron chi connectivity index (χ3n) is 1.16. The predicted molar refractivity (Wildman–Crippen MR) is 41.3 cm³/mol. The number of benzene rings is 1. The summed E-state index contributed by atoms with van der Waals surface area (Å²) in [7, 11) is 3.13. The molecule has 1 aromatic carbocycles. The van der Waals surface area contributed by atoms with Gasteiger partial charge in [0.25, 0.3) is 0 Å². The molecule has 10 heavy (non-hydrogen) atoms. The third kappa shape index (κ3) is 1.44. The van der Waals surface area contributed by atoms with Crippen LogP contribution in [0.5, 0.6) is 0 Å². The summed E-state index contributed by atoms with van der Waals surface area (Å²) in [6.07, 6.45) is 0. The molecule has 0 aromatic heterocycles. The molecule has 1 aromatic rings. The zero-order chi connectivity index (χ0) is 7.40. The molecule has 2 heteroatoms. The average Bonchev–Trinajstić information content (AvgIpc) is 2.05. The van der Waals surface area contributed by atoms with E-state index < -0.39 is 0 Å². The third-order valence-corrected chi connectivity index (χ3v) is 1.56. The van der Waals surface area contributed by atoms with Crippen molar-refractivity contribution < 1.29 is 4.79 Å². The van der Waals surface area contributed by atoms with Crippen LogP contribution in [-0.2, 0) is 4.79 Å². The first-order valence-electron chi connectivity index (χ1n) is 2.86. The summed E-state index contributed by atoms with van der Waals surface area (Å²) in [5, 5.41) is 0.459. The van der Waals surface area contributed by atoms with Crippen molar-refractivity contribution in [2.24, 2.45) is 0 Å². The first kappa shape index (κ1) is 7.00. The van der Waals surface area contributed by atoms with E-state index in [4.69, 9.17) is 0 Å². The Kier molecular flexibility index (Phi) is 2.21. The van der Waals surface area contributed by atoms with Crippen molar-refractivity contribution in [2.75, 3.05) is 0 Å². The highest BCUT2D eigenvalue weighted by Crippen LogP contribution is 2.05. The summed E-state index contributed by atoms with van der Waals surface area (Å²) < 4.78 is 0. The number of rotatable bonds is 1. The Morgan fingerprint density at radius 3 is 2.40 bits per heavy atom. The molecule has 47 valence electrons. The summed E-state index contributed by atoms with van der Waals surface area (Å²) in [5.74, 6) is 1.76. The molecule has 0 amide bonds. The minimum absolute atomic E-state index is 0.459. The van der Waals surface area contributed by atoms with Gasteiger partial charge in [-0.15, -0.1) is 0 Å². The van der Waals surface area contributed by atoms with E-state index in [0.717, 1.165) is 5.56 Å². The lowest BCUT2D eigenvalue weighted by atomic mass is 10.2. The van der Waals surface area contributed by atoms with Gasteiger partial charge in [-0.25, -0.2) is 4.79 Å². The van der Waals surface area contributed by atoms with Crippen LogP contribution in [0.3, 0.4) is 0 Å². The topological polar surface area (TPSA) is 17.1 Å². The van der Waals surface area contributed by atoms with E-state index in [1.54, 1.807) is 5.94 Å². The summed E-state index contributed by atoms with van der Waals surface area (Å²) in [6, 6.07) is 9.31. The molecule has 3 radical (unpaired) electrons. The molecule has 1 nitrogen and oxygen atoms in total. The molecule has 0 atom stereocenters. The van der Waals surface area contributed by atoms with Crippen molar-refractivity contribution in [3.8, 4) is 0 Å². The molecule has 0 unspecified atom stereocenters. The number of carbonyl (C=O) groups excluding carboxylic acids is 1. The Morgan fingerprint density at radius 1 is 1.30 bits per heavy atom. The van der Waals surface area contributed by atoms with E-state index in [0.29, 0.717) is 5.20 Å².